The highest BCUT2D eigenvalue weighted by Crippen LogP contribution is 2.19. The van der Waals surface area contributed by atoms with E-state index in [1.165, 1.54) is 11.2 Å². The molecule has 19 heavy (non-hydrogen) atoms. The normalized spacial score (nSPS) is 10.3. The van der Waals surface area contributed by atoms with Gasteiger partial charge in [0.1, 0.15) is 12.0 Å². The van der Waals surface area contributed by atoms with Crippen LogP contribution in [0, 0.1) is 6.92 Å². The topological polar surface area (TPSA) is 73.1 Å². The van der Waals surface area contributed by atoms with Crippen molar-refractivity contribution in [3.05, 3.63) is 30.6 Å². The number of carbonyl (C=O) groups is 1. The van der Waals surface area contributed by atoms with Crippen molar-refractivity contribution in [2.45, 2.75) is 13.8 Å². The summed E-state index contributed by atoms with van der Waals surface area (Å²) in [5.41, 5.74) is 2.14. The molecule has 0 bridgehead atoms. The van der Waals surface area contributed by atoms with Crippen LogP contribution in [-0.4, -0.2) is 39.5 Å². The summed E-state index contributed by atoms with van der Waals surface area (Å²) in [6.45, 7) is 3.93. The van der Waals surface area contributed by atoms with Crippen LogP contribution in [0.25, 0.3) is 5.69 Å². The molecule has 0 saturated heterocycles. The molecule has 7 nitrogen and oxygen atoms in total. The van der Waals surface area contributed by atoms with Gasteiger partial charge in [0.05, 0.1) is 36.6 Å². The highest BCUT2D eigenvalue weighted by atomic mass is 16.6. The monoisotopic (exact) mass is 261 g/mol. The number of amides is 1. The van der Waals surface area contributed by atoms with Gasteiger partial charge in [-0.3, -0.25) is 4.90 Å². The number of anilines is 1. The molecule has 0 aliphatic rings. The Balaban J connectivity index is 2.29. The highest BCUT2D eigenvalue weighted by Gasteiger charge is 2.17. The number of aryl methyl sites for hydroxylation is 1. The van der Waals surface area contributed by atoms with Crippen LogP contribution < -0.4 is 4.90 Å². The maximum Gasteiger partial charge on any atom is 0.414 e. The highest BCUT2D eigenvalue weighted by molar-refractivity contribution is 5.87. The van der Waals surface area contributed by atoms with Gasteiger partial charge in [0, 0.05) is 7.05 Å². The van der Waals surface area contributed by atoms with E-state index in [4.69, 9.17) is 4.74 Å². The van der Waals surface area contributed by atoms with Crippen LogP contribution in [0.3, 0.4) is 0 Å². The average molecular weight is 261 g/mol. The Morgan fingerprint density at radius 2 is 2.11 bits per heavy atom. The molecule has 0 spiro atoms. The molecule has 0 radical (unpaired) electrons. The Morgan fingerprint density at radius 3 is 2.74 bits per heavy atom. The summed E-state index contributed by atoms with van der Waals surface area (Å²) in [7, 11) is 1.65. The van der Waals surface area contributed by atoms with E-state index in [-0.39, 0.29) is 0 Å². The zero-order valence-electron chi connectivity index (χ0n) is 11.1. The van der Waals surface area contributed by atoms with Crippen LogP contribution in [0.4, 0.5) is 10.5 Å². The average Bonchev–Trinajstić information content (AvgIpc) is 2.81. The molecule has 7 heteroatoms. The van der Waals surface area contributed by atoms with Crippen molar-refractivity contribution in [2.24, 2.45) is 0 Å². The van der Waals surface area contributed by atoms with Crippen molar-refractivity contribution in [1.29, 1.82) is 0 Å². The quantitative estimate of drug-likeness (QED) is 0.838. The summed E-state index contributed by atoms with van der Waals surface area (Å²) in [5.74, 6) is 0. The number of hydrogen-bond acceptors (Lipinski definition) is 5. The largest absolute Gasteiger partial charge is 0.449 e. The first-order chi connectivity index (χ1) is 9.13. The molecule has 0 saturated carbocycles. The summed E-state index contributed by atoms with van der Waals surface area (Å²) < 4.78 is 6.58. The van der Waals surface area contributed by atoms with E-state index >= 15 is 0 Å². The van der Waals surface area contributed by atoms with Gasteiger partial charge in [-0.25, -0.2) is 19.4 Å². The number of rotatable bonds is 3. The molecule has 0 unspecified atom stereocenters. The molecule has 0 atom stereocenters. The van der Waals surface area contributed by atoms with Crippen LogP contribution in [0.15, 0.2) is 24.9 Å². The molecule has 0 N–H and O–H groups in total. The van der Waals surface area contributed by atoms with Crippen LogP contribution in [0.5, 0.6) is 0 Å². The van der Waals surface area contributed by atoms with Crippen LogP contribution in [0.2, 0.25) is 0 Å². The smallest absolute Gasteiger partial charge is 0.414 e. The first-order valence-corrected chi connectivity index (χ1v) is 5.85. The van der Waals surface area contributed by atoms with Crippen molar-refractivity contribution in [3.8, 4) is 5.69 Å². The minimum atomic E-state index is -0.408. The fraction of sp³-hybridized carbons (Fsp3) is 0.333. The standard InChI is InChI=1S/C12H15N5O2/c1-4-19-12(18)16(3)11-7-17(15-9(11)2)10-5-13-8-14-6-10/h5-8H,4H2,1-3H3. The summed E-state index contributed by atoms with van der Waals surface area (Å²) in [6, 6.07) is 0. The van der Waals surface area contributed by atoms with Crippen molar-refractivity contribution in [1.82, 2.24) is 19.7 Å². The van der Waals surface area contributed by atoms with Crippen LogP contribution in [-0.2, 0) is 4.74 Å². The van der Waals surface area contributed by atoms with Gasteiger partial charge in [0.2, 0.25) is 0 Å². The summed E-state index contributed by atoms with van der Waals surface area (Å²) in [5, 5.41) is 4.33. The predicted octanol–water partition coefficient (Wildman–Crippen LogP) is 1.56. The number of aromatic nitrogens is 4. The van der Waals surface area contributed by atoms with Gasteiger partial charge in [0.15, 0.2) is 0 Å². The Kier molecular flexibility index (Phi) is 3.74. The molecule has 2 rings (SSSR count). The van der Waals surface area contributed by atoms with Crippen molar-refractivity contribution in [3.63, 3.8) is 0 Å². The third kappa shape index (κ3) is 2.70. The third-order valence-electron chi connectivity index (χ3n) is 2.59. The van der Waals surface area contributed by atoms with Gasteiger partial charge in [-0.05, 0) is 13.8 Å². The van der Waals surface area contributed by atoms with E-state index in [9.17, 15) is 4.79 Å². The Morgan fingerprint density at radius 1 is 1.42 bits per heavy atom. The van der Waals surface area contributed by atoms with Gasteiger partial charge in [-0.15, -0.1) is 0 Å². The fourth-order valence-corrected chi connectivity index (χ4v) is 1.64. The fourth-order valence-electron chi connectivity index (χ4n) is 1.64. The second kappa shape index (κ2) is 5.47. The zero-order valence-corrected chi connectivity index (χ0v) is 11.1. The molecule has 0 aromatic carbocycles. The van der Waals surface area contributed by atoms with E-state index in [0.717, 1.165) is 11.4 Å². The molecular weight excluding hydrogens is 246 g/mol. The van der Waals surface area contributed by atoms with Crippen molar-refractivity contribution in [2.75, 3.05) is 18.6 Å². The number of nitrogens with zero attached hydrogens (tertiary/aromatic N) is 5. The van der Waals surface area contributed by atoms with E-state index in [1.54, 1.807) is 37.2 Å². The molecule has 100 valence electrons. The zero-order chi connectivity index (χ0) is 13.8. The molecule has 0 aliphatic heterocycles. The summed E-state index contributed by atoms with van der Waals surface area (Å²) >= 11 is 0. The lowest BCUT2D eigenvalue weighted by Gasteiger charge is -2.14. The SMILES string of the molecule is CCOC(=O)N(C)c1cn(-c2cncnc2)nc1C. The van der Waals surface area contributed by atoms with E-state index in [0.29, 0.717) is 12.3 Å². The van der Waals surface area contributed by atoms with E-state index in [2.05, 4.69) is 15.1 Å². The molecular formula is C12H15N5O2. The molecule has 2 heterocycles. The van der Waals surface area contributed by atoms with E-state index in [1.807, 2.05) is 6.92 Å². The second-order valence-electron chi connectivity index (χ2n) is 3.90. The van der Waals surface area contributed by atoms with Crippen LogP contribution in [0.1, 0.15) is 12.6 Å². The lowest BCUT2D eigenvalue weighted by Crippen LogP contribution is -2.27. The van der Waals surface area contributed by atoms with Crippen molar-refractivity contribution >= 4 is 11.8 Å². The van der Waals surface area contributed by atoms with Crippen molar-refractivity contribution < 1.29 is 9.53 Å². The van der Waals surface area contributed by atoms with Crippen LogP contribution >= 0.6 is 0 Å². The lowest BCUT2D eigenvalue weighted by molar-refractivity contribution is 0.161. The lowest BCUT2D eigenvalue weighted by atomic mass is 10.4. The first-order valence-electron chi connectivity index (χ1n) is 5.85. The molecule has 2 aromatic heterocycles. The van der Waals surface area contributed by atoms with Gasteiger partial charge >= 0.3 is 6.09 Å². The minimum absolute atomic E-state index is 0.336. The maximum absolute atomic E-state index is 11.7. The number of ether oxygens (including phenoxy) is 1. The maximum atomic E-state index is 11.7. The Hall–Kier alpha value is -2.44. The summed E-state index contributed by atoms with van der Waals surface area (Å²) in [4.78, 5) is 21.0. The molecule has 0 aliphatic carbocycles. The van der Waals surface area contributed by atoms with Gasteiger partial charge in [-0.1, -0.05) is 0 Å². The molecule has 0 fully saturated rings. The first kappa shape index (κ1) is 13.0. The Labute approximate surface area is 110 Å². The third-order valence-corrected chi connectivity index (χ3v) is 2.59. The second-order valence-corrected chi connectivity index (χ2v) is 3.90. The molecule has 1 amide bonds. The van der Waals surface area contributed by atoms with E-state index < -0.39 is 6.09 Å². The van der Waals surface area contributed by atoms with Gasteiger partial charge in [0.25, 0.3) is 0 Å². The predicted molar refractivity (Wildman–Crippen MR) is 69.3 cm³/mol. The minimum Gasteiger partial charge on any atom is -0.449 e. The van der Waals surface area contributed by atoms with Gasteiger partial charge in [-0.2, -0.15) is 5.10 Å². The summed E-state index contributed by atoms with van der Waals surface area (Å²) in [6.07, 6.45) is 6.08. The Bertz CT molecular complexity index is 567. The number of carbonyl (C=O) groups excluding carboxylic acids is 1. The van der Waals surface area contributed by atoms with Gasteiger partial charge < -0.3 is 4.74 Å². The molecule has 2 aromatic rings. The number of hydrogen-bond donors (Lipinski definition) is 0.